The van der Waals surface area contributed by atoms with Gasteiger partial charge in [0.15, 0.2) is 0 Å². The van der Waals surface area contributed by atoms with Gasteiger partial charge in [-0.15, -0.1) is 11.3 Å². The van der Waals surface area contributed by atoms with Crippen LogP contribution < -0.4 is 15.5 Å². The number of thiophene rings is 1. The first kappa shape index (κ1) is 21.4. The van der Waals surface area contributed by atoms with Crippen LogP contribution in [0.25, 0.3) is 10.1 Å². The molecule has 2 heterocycles. The number of hydrogen-bond acceptors (Lipinski definition) is 4. The van der Waals surface area contributed by atoms with Crippen molar-refractivity contribution in [1.29, 1.82) is 0 Å². The fourth-order valence-electron chi connectivity index (χ4n) is 5.04. The maximum Gasteiger partial charge on any atom is 0.315 e. The zero-order valence-electron chi connectivity index (χ0n) is 18.5. The highest BCUT2D eigenvalue weighted by molar-refractivity contribution is 7.17. The Labute approximate surface area is 184 Å². The van der Waals surface area contributed by atoms with Crippen LogP contribution in [0.1, 0.15) is 46.0 Å². The fourth-order valence-corrected chi connectivity index (χ4v) is 5.85. The van der Waals surface area contributed by atoms with E-state index < -0.39 is 0 Å². The molecule has 164 valence electrons. The lowest BCUT2D eigenvalue weighted by atomic mass is 9.76. The zero-order valence-corrected chi connectivity index (χ0v) is 19.3. The van der Waals surface area contributed by atoms with Crippen LogP contribution in [0.3, 0.4) is 0 Å². The summed E-state index contributed by atoms with van der Waals surface area (Å²) in [5.74, 6) is 0.798. The molecular formula is C24H36N4OS. The van der Waals surface area contributed by atoms with E-state index in [2.05, 4.69) is 57.0 Å². The van der Waals surface area contributed by atoms with E-state index in [0.717, 1.165) is 44.9 Å². The molecule has 1 saturated heterocycles. The summed E-state index contributed by atoms with van der Waals surface area (Å²) in [5.41, 5.74) is 1.36. The summed E-state index contributed by atoms with van der Waals surface area (Å²) in [6.07, 6.45) is 5.92. The predicted molar refractivity (Wildman–Crippen MR) is 128 cm³/mol. The van der Waals surface area contributed by atoms with Gasteiger partial charge in [0.1, 0.15) is 0 Å². The third-order valence-electron chi connectivity index (χ3n) is 7.00. The second-order valence-electron chi connectivity index (χ2n) is 9.22. The standard InChI is InChI=1S/C24H36N4OS/c1-3-25-23(29)26-24(2)11-7-19(8-12-24)9-13-27-14-16-28(17-15-27)21-5-4-6-22-20(21)10-18-30-22/h4-6,10,18-19H,3,7-9,11-17H2,1-2H3,(H2,25,26,29). The van der Waals surface area contributed by atoms with E-state index in [1.54, 1.807) is 0 Å². The molecule has 2 aromatic rings. The van der Waals surface area contributed by atoms with Crippen LogP contribution in [0.2, 0.25) is 0 Å². The number of rotatable bonds is 6. The molecule has 2 N–H and O–H groups in total. The zero-order chi connectivity index (χ0) is 21.0. The van der Waals surface area contributed by atoms with E-state index in [4.69, 9.17) is 0 Å². The SMILES string of the molecule is CCNC(=O)NC1(C)CCC(CCN2CCN(c3cccc4sccc34)CC2)CC1. The van der Waals surface area contributed by atoms with Crippen molar-refractivity contribution < 1.29 is 4.79 Å². The molecule has 1 aromatic heterocycles. The Bertz CT molecular complexity index is 835. The summed E-state index contributed by atoms with van der Waals surface area (Å²) < 4.78 is 1.39. The van der Waals surface area contributed by atoms with Crippen molar-refractivity contribution in [1.82, 2.24) is 15.5 Å². The highest BCUT2D eigenvalue weighted by atomic mass is 32.1. The minimum atomic E-state index is -0.0376. The molecule has 1 aliphatic carbocycles. The van der Waals surface area contributed by atoms with Gasteiger partial charge in [0.25, 0.3) is 0 Å². The lowest BCUT2D eigenvalue weighted by Crippen LogP contribution is -2.52. The predicted octanol–water partition coefficient (Wildman–Crippen LogP) is 4.68. The number of fused-ring (bicyclic) bond motifs is 1. The number of amides is 2. The van der Waals surface area contributed by atoms with Crippen molar-refractivity contribution in [3.05, 3.63) is 29.6 Å². The quantitative estimate of drug-likeness (QED) is 0.702. The minimum Gasteiger partial charge on any atom is -0.368 e. The first-order valence-electron chi connectivity index (χ1n) is 11.6. The lowest BCUT2D eigenvalue weighted by Gasteiger charge is -2.40. The molecule has 2 fully saturated rings. The van der Waals surface area contributed by atoms with E-state index in [0.29, 0.717) is 6.54 Å². The maximum absolute atomic E-state index is 11.9. The second-order valence-corrected chi connectivity index (χ2v) is 10.2. The highest BCUT2D eigenvalue weighted by Crippen LogP contribution is 2.34. The van der Waals surface area contributed by atoms with Crippen LogP contribution in [0, 0.1) is 5.92 Å². The van der Waals surface area contributed by atoms with Gasteiger partial charge in [0.2, 0.25) is 0 Å². The van der Waals surface area contributed by atoms with Crippen molar-refractivity contribution >= 4 is 33.1 Å². The van der Waals surface area contributed by atoms with Gasteiger partial charge >= 0.3 is 6.03 Å². The van der Waals surface area contributed by atoms with Crippen molar-refractivity contribution in [3.63, 3.8) is 0 Å². The number of piperazine rings is 1. The number of carbonyl (C=O) groups excluding carboxylic acids is 1. The molecule has 1 aromatic carbocycles. The van der Waals surface area contributed by atoms with Crippen molar-refractivity contribution in [3.8, 4) is 0 Å². The molecule has 0 spiro atoms. The van der Waals surface area contributed by atoms with Gasteiger partial charge in [-0.05, 0) is 82.0 Å². The summed E-state index contributed by atoms with van der Waals surface area (Å²) in [7, 11) is 0. The lowest BCUT2D eigenvalue weighted by molar-refractivity contribution is 0.172. The van der Waals surface area contributed by atoms with Gasteiger partial charge in [-0.25, -0.2) is 4.79 Å². The summed E-state index contributed by atoms with van der Waals surface area (Å²) >= 11 is 1.83. The van der Waals surface area contributed by atoms with E-state index in [1.165, 1.54) is 41.6 Å². The monoisotopic (exact) mass is 428 g/mol. The van der Waals surface area contributed by atoms with Crippen LogP contribution >= 0.6 is 11.3 Å². The van der Waals surface area contributed by atoms with Crippen molar-refractivity contribution in [2.45, 2.75) is 51.5 Å². The molecule has 1 aliphatic heterocycles. The van der Waals surface area contributed by atoms with Crippen LogP contribution in [0.5, 0.6) is 0 Å². The first-order chi connectivity index (χ1) is 14.6. The number of nitrogens with zero attached hydrogens (tertiary/aromatic N) is 2. The molecule has 1 saturated carbocycles. The number of urea groups is 1. The smallest absolute Gasteiger partial charge is 0.315 e. The number of benzene rings is 1. The molecule has 4 rings (SSSR count). The third-order valence-corrected chi connectivity index (χ3v) is 7.88. The van der Waals surface area contributed by atoms with Crippen LogP contribution in [-0.4, -0.2) is 55.7 Å². The number of hydrogen-bond donors (Lipinski definition) is 2. The van der Waals surface area contributed by atoms with Gasteiger partial charge in [-0.2, -0.15) is 0 Å². The minimum absolute atomic E-state index is 0.0190. The molecule has 30 heavy (non-hydrogen) atoms. The number of carbonyl (C=O) groups is 1. The van der Waals surface area contributed by atoms with E-state index in [9.17, 15) is 4.79 Å². The van der Waals surface area contributed by atoms with E-state index >= 15 is 0 Å². The van der Waals surface area contributed by atoms with Gasteiger partial charge in [-0.1, -0.05) is 6.07 Å². The Morgan fingerprint density at radius 3 is 2.67 bits per heavy atom. The summed E-state index contributed by atoms with van der Waals surface area (Å²) in [4.78, 5) is 17.1. The average molecular weight is 429 g/mol. The Morgan fingerprint density at radius 1 is 1.17 bits per heavy atom. The average Bonchev–Trinajstić information content (AvgIpc) is 3.23. The number of nitrogens with one attached hydrogen (secondary N) is 2. The molecule has 6 heteroatoms. The largest absolute Gasteiger partial charge is 0.368 e. The summed E-state index contributed by atoms with van der Waals surface area (Å²) in [5, 5.41) is 9.65. The highest BCUT2D eigenvalue weighted by Gasteiger charge is 2.32. The second kappa shape index (κ2) is 9.56. The number of anilines is 1. The van der Waals surface area contributed by atoms with Gasteiger partial charge in [0, 0.05) is 54.0 Å². The molecule has 0 bridgehead atoms. The van der Waals surface area contributed by atoms with Crippen LogP contribution in [-0.2, 0) is 0 Å². The van der Waals surface area contributed by atoms with E-state index in [-0.39, 0.29) is 11.6 Å². The van der Waals surface area contributed by atoms with Gasteiger partial charge < -0.3 is 15.5 Å². The van der Waals surface area contributed by atoms with Crippen molar-refractivity contribution in [2.75, 3.05) is 44.2 Å². The molecule has 2 aliphatic rings. The molecule has 0 radical (unpaired) electrons. The van der Waals surface area contributed by atoms with Gasteiger partial charge in [0.05, 0.1) is 0 Å². The molecule has 5 nitrogen and oxygen atoms in total. The Kier molecular flexibility index (Phi) is 6.84. The summed E-state index contributed by atoms with van der Waals surface area (Å²) in [6, 6.07) is 8.94. The molecule has 0 atom stereocenters. The molecule has 0 unspecified atom stereocenters. The first-order valence-corrected chi connectivity index (χ1v) is 12.4. The van der Waals surface area contributed by atoms with Crippen LogP contribution in [0.4, 0.5) is 10.5 Å². The van der Waals surface area contributed by atoms with Crippen molar-refractivity contribution in [2.24, 2.45) is 5.92 Å². The fraction of sp³-hybridized carbons (Fsp3) is 0.625. The summed E-state index contributed by atoms with van der Waals surface area (Å²) in [6.45, 7) is 10.6. The van der Waals surface area contributed by atoms with Crippen LogP contribution in [0.15, 0.2) is 29.6 Å². The van der Waals surface area contributed by atoms with E-state index in [1.807, 2.05) is 18.3 Å². The Hall–Kier alpha value is -1.79. The van der Waals surface area contributed by atoms with Gasteiger partial charge in [-0.3, -0.25) is 4.90 Å². The Morgan fingerprint density at radius 2 is 1.93 bits per heavy atom. The third kappa shape index (κ3) is 5.09. The Balaban J connectivity index is 1.20. The topological polar surface area (TPSA) is 47.6 Å². The maximum atomic E-state index is 11.9. The molecule has 2 amide bonds. The normalized spacial score (nSPS) is 25.4. The molecular weight excluding hydrogens is 392 g/mol.